The van der Waals surface area contributed by atoms with Gasteiger partial charge in [-0.25, -0.2) is 9.80 Å². The molecule has 7 heteroatoms. The number of carbonyl (C=O) groups excluding carboxylic acids is 1. The van der Waals surface area contributed by atoms with Gasteiger partial charge in [-0.2, -0.15) is 0 Å². The van der Waals surface area contributed by atoms with Gasteiger partial charge in [0.1, 0.15) is 0 Å². The predicted molar refractivity (Wildman–Crippen MR) is 86.0 cm³/mol. The normalized spacial score (nSPS) is 13.2. The van der Waals surface area contributed by atoms with E-state index in [1.165, 1.54) is 18.2 Å². The number of carbonyl (C=O) groups is 2. The zero-order chi connectivity index (χ0) is 15.9. The summed E-state index contributed by atoms with van der Waals surface area (Å²) in [5.74, 6) is -1.57. The van der Waals surface area contributed by atoms with Gasteiger partial charge >= 0.3 is 5.97 Å². The van der Waals surface area contributed by atoms with Crippen molar-refractivity contribution in [3.63, 3.8) is 0 Å². The average molecular weight is 412 g/mol. The zero-order valence-corrected chi connectivity index (χ0v) is 13.3. The Hall–Kier alpha value is -2.16. The Kier molecular flexibility index (Phi) is 3.73. The number of benzene rings is 2. The first-order valence-electron chi connectivity index (χ1n) is 6.37. The SMILES string of the molecule is O=C(O)c1ccc2c(c1)CN(N(F)c1ccc(I)cc1)C2=O. The van der Waals surface area contributed by atoms with Gasteiger partial charge in [0.2, 0.25) is 0 Å². The van der Waals surface area contributed by atoms with Crippen LogP contribution in [0.5, 0.6) is 0 Å². The Balaban J connectivity index is 1.90. The molecule has 0 saturated carbocycles. The number of amides is 1. The summed E-state index contributed by atoms with van der Waals surface area (Å²) in [5.41, 5.74) is 1.13. The van der Waals surface area contributed by atoms with E-state index in [0.717, 1.165) is 8.58 Å². The van der Waals surface area contributed by atoms with Crippen molar-refractivity contribution in [2.75, 3.05) is 5.23 Å². The van der Waals surface area contributed by atoms with Gasteiger partial charge in [0.25, 0.3) is 5.91 Å². The van der Waals surface area contributed by atoms with E-state index >= 15 is 0 Å². The van der Waals surface area contributed by atoms with Crippen LogP contribution in [0.3, 0.4) is 0 Å². The molecule has 0 spiro atoms. The molecular weight excluding hydrogens is 402 g/mol. The summed E-state index contributed by atoms with van der Waals surface area (Å²) in [6.07, 6.45) is 0. The van der Waals surface area contributed by atoms with Gasteiger partial charge in [0.05, 0.1) is 17.8 Å². The Bertz CT molecular complexity index is 764. The lowest BCUT2D eigenvalue weighted by Gasteiger charge is -2.24. The lowest BCUT2D eigenvalue weighted by molar-refractivity contribution is 0.0641. The molecule has 1 aliphatic heterocycles. The van der Waals surface area contributed by atoms with Gasteiger partial charge in [0, 0.05) is 9.13 Å². The van der Waals surface area contributed by atoms with E-state index < -0.39 is 11.9 Å². The summed E-state index contributed by atoms with van der Waals surface area (Å²) in [6.45, 7) is -0.00221. The smallest absolute Gasteiger partial charge is 0.335 e. The number of nitrogens with zero attached hydrogens (tertiary/aromatic N) is 2. The highest BCUT2D eigenvalue weighted by molar-refractivity contribution is 14.1. The van der Waals surface area contributed by atoms with E-state index in [1.54, 1.807) is 24.3 Å². The number of hydrogen-bond acceptors (Lipinski definition) is 3. The van der Waals surface area contributed by atoms with Crippen molar-refractivity contribution in [1.29, 1.82) is 0 Å². The van der Waals surface area contributed by atoms with Crippen molar-refractivity contribution in [1.82, 2.24) is 5.01 Å². The van der Waals surface area contributed by atoms with E-state index in [2.05, 4.69) is 22.6 Å². The van der Waals surface area contributed by atoms with Crippen molar-refractivity contribution in [2.24, 2.45) is 0 Å². The number of hydrazine groups is 1. The Morgan fingerprint density at radius 2 is 1.91 bits per heavy atom. The minimum Gasteiger partial charge on any atom is -0.478 e. The van der Waals surface area contributed by atoms with Crippen LogP contribution < -0.4 is 5.23 Å². The summed E-state index contributed by atoms with van der Waals surface area (Å²) in [6, 6.07) is 10.8. The Morgan fingerprint density at radius 1 is 1.23 bits per heavy atom. The molecule has 0 atom stereocenters. The van der Waals surface area contributed by atoms with Gasteiger partial charge < -0.3 is 5.11 Å². The molecule has 0 aromatic heterocycles. The molecule has 1 N–H and O–H groups in total. The maximum absolute atomic E-state index is 14.5. The van der Waals surface area contributed by atoms with Crippen molar-refractivity contribution >= 4 is 40.2 Å². The highest BCUT2D eigenvalue weighted by Crippen LogP contribution is 2.29. The largest absolute Gasteiger partial charge is 0.478 e. The zero-order valence-electron chi connectivity index (χ0n) is 11.2. The third-order valence-electron chi connectivity index (χ3n) is 3.39. The van der Waals surface area contributed by atoms with Crippen LogP contribution in [0.4, 0.5) is 10.2 Å². The topological polar surface area (TPSA) is 60.9 Å². The van der Waals surface area contributed by atoms with Crippen molar-refractivity contribution in [3.05, 3.63) is 62.7 Å². The molecule has 0 bridgehead atoms. The molecule has 0 aliphatic carbocycles. The van der Waals surface area contributed by atoms with Gasteiger partial charge in [-0.3, -0.25) is 4.79 Å². The van der Waals surface area contributed by atoms with Crippen LogP contribution in [-0.2, 0) is 6.54 Å². The van der Waals surface area contributed by atoms with Gasteiger partial charge in [-0.05, 0) is 70.6 Å². The van der Waals surface area contributed by atoms with E-state index in [1.807, 2.05) is 0 Å². The number of fused-ring (bicyclic) bond motifs is 1. The van der Waals surface area contributed by atoms with Crippen LogP contribution in [-0.4, -0.2) is 22.0 Å². The van der Waals surface area contributed by atoms with Crippen molar-refractivity contribution in [3.8, 4) is 0 Å². The first-order valence-corrected chi connectivity index (χ1v) is 7.45. The Morgan fingerprint density at radius 3 is 2.55 bits per heavy atom. The fourth-order valence-corrected chi connectivity index (χ4v) is 2.64. The monoisotopic (exact) mass is 412 g/mol. The second kappa shape index (κ2) is 5.56. The molecule has 1 heterocycles. The van der Waals surface area contributed by atoms with Crippen LogP contribution in [0.25, 0.3) is 0 Å². The van der Waals surface area contributed by atoms with Crippen molar-refractivity contribution < 1.29 is 19.2 Å². The summed E-state index contributed by atoms with van der Waals surface area (Å²) in [5, 5.41) is 10.2. The van der Waals surface area contributed by atoms with Gasteiger partial charge in [-0.15, -0.1) is 5.23 Å². The number of halogens is 2. The molecule has 0 unspecified atom stereocenters. The first-order chi connectivity index (χ1) is 10.5. The average Bonchev–Trinajstić information content (AvgIpc) is 2.84. The molecule has 0 fully saturated rings. The summed E-state index contributed by atoms with van der Waals surface area (Å²) >= 11 is 2.11. The fourth-order valence-electron chi connectivity index (χ4n) is 2.28. The number of carboxylic acid groups (broad SMARTS) is 1. The molecule has 1 amide bonds. The quantitative estimate of drug-likeness (QED) is 0.621. The molecule has 5 nitrogen and oxygen atoms in total. The lowest BCUT2D eigenvalue weighted by atomic mass is 10.1. The van der Waals surface area contributed by atoms with Crippen LogP contribution in [0.2, 0.25) is 0 Å². The maximum atomic E-state index is 14.5. The van der Waals surface area contributed by atoms with Crippen LogP contribution in [0.1, 0.15) is 26.3 Å². The summed E-state index contributed by atoms with van der Waals surface area (Å²) in [4.78, 5) is 23.2. The number of aromatic carboxylic acids is 1. The lowest BCUT2D eigenvalue weighted by Crippen LogP contribution is -2.37. The molecule has 22 heavy (non-hydrogen) atoms. The Labute approximate surface area is 139 Å². The standard InChI is InChI=1S/C15H10FIN2O3/c16-19(12-4-2-11(17)3-5-12)18-8-10-7-9(15(21)22)1-6-13(10)14(18)20/h1-7H,8H2,(H,21,22). The maximum Gasteiger partial charge on any atom is 0.335 e. The second-order valence-corrected chi connectivity index (χ2v) is 6.02. The van der Waals surface area contributed by atoms with Crippen LogP contribution in [0, 0.1) is 3.57 Å². The number of anilines is 1. The highest BCUT2D eigenvalue weighted by atomic mass is 127. The molecule has 3 rings (SSSR count). The van der Waals surface area contributed by atoms with Crippen LogP contribution >= 0.6 is 22.6 Å². The molecule has 0 radical (unpaired) electrons. The second-order valence-electron chi connectivity index (χ2n) is 4.78. The molecule has 2 aromatic carbocycles. The van der Waals surface area contributed by atoms with Crippen LogP contribution in [0.15, 0.2) is 42.5 Å². The van der Waals surface area contributed by atoms with E-state index in [-0.39, 0.29) is 17.8 Å². The van der Waals surface area contributed by atoms with E-state index in [9.17, 15) is 14.1 Å². The summed E-state index contributed by atoms with van der Waals surface area (Å²) < 4.78 is 15.4. The van der Waals surface area contributed by atoms with Gasteiger partial charge in [0.15, 0.2) is 0 Å². The fraction of sp³-hybridized carbons (Fsp3) is 0.0667. The number of hydrogen-bond donors (Lipinski definition) is 1. The molecule has 0 saturated heterocycles. The summed E-state index contributed by atoms with van der Waals surface area (Å²) in [7, 11) is 0. The third-order valence-corrected chi connectivity index (χ3v) is 4.11. The third kappa shape index (κ3) is 2.52. The minimum atomic E-state index is -1.08. The molecular formula is C15H10FIN2O3. The first kappa shape index (κ1) is 14.8. The minimum absolute atomic E-state index is 0.00221. The number of carboxylic acids is 1. The predicted octanol–water partition coefficient (Wildman–Crippen LogP) is 3.25. The van der Waals surface area contributed by atoms with Gasteiger partial charge in [-0.1, -0.05) is 4.48 Å². The molecule has 112 valence electrons. The molecule has 2 aromatic rings. The van der Waals surface area contributed by atoms with Crippen molar-refractivity contribution in [2.45, 2.75) is 6.54 Å². The number of rotatable bonds is 3. The molecule has 1 aliphatic rings. The highest BCUT2D eigenvalue weighted by Gasteiger charge is 2.33. The van der Waals surface area contributed by atoms with E-state index in [4.69, 9.17) is 5.11 Å². The van der Waals surface area contributed by atoms with E-state index in [0.29, 0.717) is 16.4 Å².